The number of ether oxygens (including phenoxy) is 1. The van der Waals surface area contributed by atoms with E-state index in [1.807, 2.05) is 13.1 Å². The number of hydrazine groups is 1. The summed E-state index contributed by atoms with van der Waals surface area (Å²) in [5, 5.41) is 8.40. The van der Waals surface area contributed by atoms with E-state index >= 15 is 0 Å². The fourth-order valence-corrected chi connectivity index (χ4v) is 7.28. The number of sulfonamides is 1. The van der Waals surface area contributed by atoms with Crippen LogP contribution in [0.25, 0.3) is 0 Å². The highest BCUT2D eigenvalue weighted by Crippen LogP contribution is 2.44. The van der Waals surface area contributed by atoms with Crippen molar-refractivity contribution in [3.63, 3.8) is 0 Å². The average Bonchev–Trinajstić information content (AvgIpc) is 3.23. The van der Waals surface area contributed by atoms with E-state index in [2.05, 4.69) is 36.2 Å². The van der Waals surface area contributed by atoms with Gasteiger partial charge in [-0.3, -0.25) is 0 Å². The molecule has 0 unspecified atom stereocenters. The number of benzene rings is 2. The number of methoxy groups -OCH3 is 1. The summed E-state index contributed by atoms with van der Waals surface area (Å²) < 4.78 is 39.7. The SMILES string of the molecule is COC[C@H]1CCCN1NS(=O)(=O)c1c(Cl)ccc(NC(=S)Nc2cccc(Cl)c2Cl)c1O[Si](C)(C)C(C)(C)C. The van der Waals surface area contributed by atoms with E-state index < -0.39 is 18.3 Å². The molecule has 0 bridgehead atoms. The molecule has 8 nitrogen and oxygen atoms in total. The van der Waals surface area contributed by atoms with Crippen LogP contribution in [-0.2, 0) is 14.8 Å². The first-order valence-corrected chi connectivity index (χ1v) is 18.3. The largest absolute Gasteiger partial charge is 0.541 e. The molecule has 0 aliphatic carbocycles. The summed E-state index contributed by atoms with van der Waals surface area (Å²) in [6.45, 7) is 11.2. The van der Waals surface area contributed by atoms with Gasteiger partial charge in [0.1, 0.15) is 10.6 Å². The molecule has 3 N–H and O–H groups in total. The molecule has 0 aromatic heterocycles. The second kappa shape index (κ2) is 12.8. The van der Waals surface area contributed by atoms with Crippen LogP contribution in [-0.4, -0.2) is 53.2 Å². The van der Waals surface area contributed by atoms with Crippen LogP contribution in [0.15, 0.2) is 35.2 Å². The molecule has 0 spiro atoms. The van der Waals surface area contributed by atoms with Crippen LogP contribution in [0.3, 0.4) is 0 Å². The molecule has 1 heterocycles. The molecule has 14 heteroatoms. The second-order valence-corrected chi connectivity index (χ2v) is 18.8. The number of anilines is 2. The zero-order valence-electron chi connectivity index (χ0n) is 22.8. The predicted octanol–water partition coefficient (Wildman–Crippen LogP) is 7.14. The Kier molecular flexibility index (Phi) is 10.6. The molecular weight excluding hydrogens is 619 g/mol. The summed E-state index contributed by atoms with van der Waals surface area (Å²) >= 11 is 24.6. The molecule has 1 fully saturated rings. The predicted molar refractivity (Wildman–Crippen MR) is 168 cm³/mol. The van der Waals surface area contributed by atoms with Crippen LogP contribution in [0, 0.1) is 0 Å². The summed E-state index contributed by atoms with van der Waals surface area (Å²) in [6.07, 6.45) is 1.65. The van der Waals surface area contributed by atoms with Gasteiger partial charge in [0.2, 0.25) is 0 Å². The van der Waals surface area contributed by atoms with Gasteiger partial charge in [0.25, 0.3) is 18.3 Å². The Morgan fingerprint density at radius 3 is 2.41 bits per heavy atom. The summed E-state index contributed by atoms with van der Waals surface area (Å²) in [4.78, 5) is 2.55. The quantitative estimate of drug-likeness (QED) is 0.194. The number of thiocarbonyl (C=S) groups is 1. The molecule has 1 atom stereocenters. The van der Waals surface area contributed by atoms with Crippen LogP contribution >= 0.6 is 47.0 Å². The first kappa shape index (κ1) is 32.4. The Balaban J connectivity index is 2.05. The lowest BCUT2D eigenvalue weighted by atomic mass is 10.2. The van der Waals surface area contributed by atoms with Crippen molar-refractivity contribution in [1.82, 2.24) is 9.84 Å². The average molecular weight is 654 g/mol. The van der Waals surface area contributed by atoms with Crippen molar-refractivity contribution in [2.45, 2.75) is 62.7 Å². The minimum absolute atomic E-state index is 0.0287. The third-order valence-electron chi connectivity index (χ3n) is 6.92. The number of halogens is 3. The first-order valence-electron chi connectivity index (χ1n) is 12.4. The van der Waals surface area contributed by atoms with Crippen LogP contribution < -0.4 is 19.9 Å². The van der Waals surface area contributed by atoms with E-state index in [0.29, 0.717) is 34.6 Å². The van der Waals surface area contributed by atoms with Crippen molar-refractivity contribution in [1.29, 1.82) is 0 Å². The van der Waals surface area contributed by atoms with Gasteiger partial charge in [-0.25, -0.2) is 13.4 Å². The maximum atomic E-state index is 13.9. The number of nitrogens with one attached hydrogen (secondary N) is 3. The molecule has 0 amide bonds. The van der Waals surface area contributed by atoms with E-state index in [1.54, 1.807) is 36.4 Å². The highest BCUT2D eigenvalue weighted by atomic mass is 35.5. The molecule has 1 aliphatic heterocycles. The number of rotatable bonds is 9. The molecule has 3 rings (SSSR count). The van der Waals surface area contributed by atoms with Gasteiger partial charge in [0.05, 0.1) is 33.0 Å². The van der Waals surface area contributed by atoms with Gasteiger partial charge in [0, 0.05) is 19.7 Å². The van der Waals surface area contributed by atoms with Crippen LogP contribution in [0.1, 0.15) is 33.6 Å². The van der Waals surface area contributed by atoms with Crippen molar-refractivity contribution < 1.29 is 17.6 Å². The van der Waals surface area contributed by atoms with Crippen molar-refractivity contribution in [2.75, 3.05) is 30.9 Å². The Morgan fingerprint density at radius 1 is 1.10 bits per heavy atom. The lowest BCUT2D eigenvalue weighted by Gasteiger charge is -2.38. The maximum absolute atomic E-state index is 13.9. The van der Waals surface area contributed by atoms with E-state index in [4.69, 9.17) is 56.2 Å². The lowest BCUT2D eigenvalue weighted by Crippen LogP contribution is -2.47. The standard InChI is InChI=1S/C25H35Cl3N4O4S2Si/c1-25(2,3)39(5,6)36-22-20(30-24(37)29-19-11-7-10-17(26)21(19)28)13-12-18(27)23(22)38(33,34)31-32-14-8-9-16(32)15-35-4/h7,10-13,16,31H,8-9,14-15H2,1-6H3,(H2,29,30,37)/t16-/m1/s1. The lowest BCUT2D eigenvalue weighted by molar-refractivity contribution is 0.104. The molecule has 0 saturated carbocycles. The highest BCUT2D eigenvalue weighted by Gasteiger charge is 2.42. The van der Waals surface area contributed by atoms with E-state index in [9.17, 15) is 8.42 Å². The third kappa shape index (κ3) is 7.78. The molecule has 1 saturated heterocycles. The minimum atomic E-state index is -4.16. The van der Waals surface area contributed by atoms with Crippen molar-refractivity contribution in [2.24, 2.45) is 0 Å². The second-order valence-electron chi connectivity index (χ2n) is 10.8. The molecule has 2 aromatic carbocycles. The summed E-state index contributed by atoms with van der Waals surface area (Å²) in [5.41, 5.74) is 0.838. The monoisotopic (exact) mass is 652 g/mol. The number of hydrogen-bond acceptors (Lipinski definition) is 6. The number of hydrogen-bond donors (Lipinski definition) is 3. The Bertz CT molecular complexity index is 1320. The normalized spacial score (nSPS) is 16.8. The molecular formula is C25H35Cl3N4O4S2Si. The van der Waals surface area contributed by atoms with Gasteiger partial charge in [0.15, 0.2) is 5.11 Å². The molecule has 2 aromatic rings. The summed E-state index contributed by atoms with van der Waals surface area (Å²) in [5.74, 6) is 0.102. The minimum Gasteiger partial charge on any atom is -0.541 e. The molecule has 1 aliphatic rings. The molecule has 39 heavy (non-hydrogen) atoms. The van der Waals surface area contributed by atoms with Crippen LogP contribution in [0.4, 0.5) is 11.4 Å². The zero-order chi connectivity index (χ0) is 29.2. The van der Waals surface area contributed by atoms with Gasteiger partial charge in [-0.1, -0.05) is 61.6 Å². The first-order chi connectivity index (χ1) is 18.1. The molecule has 0 radical (unpaired) electrons. The van der Waals surface area contributed by atoms with Crippen molar-refractivity contribution >= 4 is 81.8 Å². The van der Waals surface area contributed by atoms with Gasteiger partial charge in [-0.15, -0.1) is 4.83 Å². The summed E-state index contributed by atoms with van der Waals surface area (Å²) in [6, 6.07) is 8.18. The highest BCUT2D eigenvalue weighted by molar-refractivity contribution is 7.89. The Hall–Kier alpha value is -1.15. The summed E-state index contributed by atoms with van der Waals surface area (Å²) in [7, 11) is -5.12. The Morgan fingerprint density at radius 2 is 1.77 bits per heavy atom. The molecule has 216 valence electrons. The number of nitrogens with zero attached hydrogens (tertiary/aromatic N) is 1. The fraction of sp³-hybridized carbons (Fsp3) is 0.480. The van der Waals surface area contributed by atoms with Gasteiger partial charge in [-0.2, -0.15) is 0 Å². The Labute approximate surface area is 252 Å². The third-order valence-corrected chi connectivity index (χ3v) is 14.1. The maximum Gasteiger partial charge on any atom is 0.258 e. The van der Waals surface area contributed by atoms with E-state index in [0.717, 1.165) is 12.8 Å². The van der Waals surface area contributed by atoms with E-state index in [1.165, 1.54) is 6.07 Å². The van der Waals surface area contributed by atoms with E-state index in [-0.39, 0.29) is 31.9 Å². The van der Waals surface area contributed by atoms with Crippen LogP contribution in [0.5, 0.6) is 5.75 Å². The van der Waals surface area contributed by atoms with Crippen molar-refractivity contribution in [3.8, 4) is 5.75 Å². The van der Waals surface area contributed by atoms with Gasteiger partial charge in [-0.05, 0) is 67.5 Å². The topological polar surface area (TPSA) is 91.9 Å². The van der Waals surface area contributed by atoms with Gasteiger partial charge >= 0.3 is 0 Å². The smallest absolute Gasteiger partial charge is 0.258 e. The van der Waals surface area contributed by atoms with Crippen LogP contribution in [0.2, 0.25) is 33.2 Å². The van der Waals surface area contributed by atoms with Gasteiger partial charge < -0.3 is 19.8 Å². The fourth-order valence-electron chi connectivity index (χ4n) is 3.79. The van der Waals surface area contributed by atoms with Crippen molar-refractivity contribution in [3.05, 3.63) is 45.4 Å². The zero-order valence-corrected chi connectivity index (χ0v) is 27.7.